The number of anilines is 1. The SMILES string of the molecule is CCC(CC)C(=O)Nc1ccc(C(=O)NCCNC(=O)c2cccs2)cc1. The molecule has 0 saturated heterocycles. The standard InChI is InChI=1S/C20H25N3O3S/c1-3-14(4-2)19(25)23-16-9-7-15(8-10-16)18(24)21-11-12-22-20(26)17-6-5-13-27-17/h5-10,13-14H,3-4,11-12H2,1-2H3,(H,21,24)(H,22,26)(H,23,25). The van der Waals surface area contributed by atoms with Gasteiger partial charge in [0.05, 0.1) is 4.88 Å². The molecular formula is C20H25N3O3S. The first-order chi connectivity index (χ1) is 13.0. The van der Waals surface area contributed by atoms with E-state index in [4.69, 9.17) is 0 Å². The summed E-state index contributed by atoms with van der Waals surface area (Å²) in [4.78, 5) is 36.7. The smallest absolute Gasteiger partial charge is 0.261 e. The molecule has 3 amide bonds. The molecule has 27 heavy (non-hydrogen) atoms. The first-order valence-corrected chi connectivity index (χ1v) is 9.94. The molecule has 0 radical (unpaired) electrons. The van der Waals surface area contributed by atoms with Crippen molar-refractivity contribution in [3.8, 4) is 0 Å². The summed E-state index contributed by atoms with van der Waals surface area (Å²) in [6.07, 6.45) is 1.59. The van der Waals surface area contributed by atoms with Crippen LogP contribution >= 0.6 is 11.3 Å². The highest BCUT2D eigenvalue weighted by atomic mass is 32.1. The van der Waals surface area contributed by atoms with Crippen LogP contribution in [-0.2, 0) is 4.79 Å². The molecule has 0 bridgehead atoms. The van der Waals surface area contributed by atoms with Gasteiger partial charge in [0.25, 0.3) is 11.8 Å². The molecule has 1 heterocycles. The van der Waals surface area contributed by atoms with Crippen molar-refractivity contribution in [3.63, 3.8) is 0 Å². The summed E-state index contributed by atoms with van der Waals surface area (Å²) in [7, 11) is 0. The van der Waals surface area contributed by atoms with E-state index in [9.17, 15) is 14.4 Å². The van der Waals surface area contributed by atoms with Gasteiger partial charge in [0.2, 0.25) is 5.91 Å². The molecule has 0 unspecified atom stereocenters. The average Bonchev–Trinajstić information content (AvgIpc) is 3.21. The molecule has 0 aliphatic rings. The van der Waals surface area contributed by atoms with Gasteiger partial charge in [-0.1, -0.05) is 19.9 Å². The minimum atomic E-state index is -0.224. The highest BCUT2D eigenvalue weighted by molar-refractivity contribution is 7.12. The number of hydrogen-bond donors (Lipinski definition) is 3. The van der Waals surface area contributed by atoms with Crippen molar-refractivity contribution in [2.75, 3.05) is 18.4 Å². The van der Waals surface area contributed by atoms with Crippen LogP contribution in [0.3, 0.4) is 0 Å². The van der Waals surface area contributed by atoms with Crippen LogP contribution in [0, 0.1) is 5.92 Å². The van der Waals surface area contributed by atoms with Crippen LogP contribution in [0.4, 0.5) is 5.69 Å². The Labute approximate surface area is 163 Å². The Morgan fingerprint density at radius 1 is 0.926 bits per heavy atom. The maximum Gasteiger partial charge on any atom is 0.261 e. The fourth-order valence-electron chi connectivity index (χ4n) is 2.56. The lowest BCUT2D eigenvalue weighted by molar-refractivity contribution is -0.120. The first-order valence-electron chi connectivity index (χ1n) is 9.06. The van der Waals surface area contributed by atoms with Crippen LogP contribution in [0.2, 0.25) is 0 Å². The summed E-state index contributed by atoms with van der Waals surface area (Å²) in [5.41, 5.74) is 1.17. The second-order valence-corrected chi connectivity index (χ2v) is 7.02. The van der Waals surface area contributed by atoms with Gasteiger partial charge in [0.15, 0.2) is 0 Å². The van der Waals surface area contributed by atoms with Crippen LogP contribution in [0.25, 0.3) is 0 Å². The van der Waals surface area contributed by atoms with E-state index in [0.29, 0.717) is 29.2 Å². The predicted molar refractivity (Wildman–Crippen MR) is 108 cm³/mol. The van der Waals surface area contributed by atoms with Crippen LogP contribution in [0.15, 0.2) is 41.8 Å². The molecule has 7 heteroatoms. The molecule has 0 spiro atoms. The molecule has 0 fully saturated rings. The second kappa shape index (κ2) is 10.5. The third kappa shape index (κ3) is 6.21. The van der Waals surface area contributed by atoms with Crippen LogP contribution in [0.5, 0.6) is 0 Å². The Hall–Kier alpha value is -2.67. The molecule has 0 saturated carbocycles. The van der Waals surface area contributed by atoms with Gasteiger partial charge in [0.1, 0.15) is 0 Å². The third-order valence-corrected chi connectivity index (χ3v) is 5.08. The van der Waals surface area contributed by atoms with E-state index in [2.05, 4.69) is 16.0 Å². The minimum absolute atomic E-state index is 0.00122. The van der Waals surface area contributed by atoms with Gasteiger partial charge in [-0.15, -0.1) is 11.3 Å². The number of thiophene rings is 1. The van der Waals surface area contributed by atoms with E-state index in [1.165, 1.54) is 11.3 Å². The zero-order valence-corrected chi connectivity index (χ0v) is 16.4. The number of carbonyl (C=O) groups is 3. The number of hydrogen-bond acceptors (Lipinski definition) is 4. The fraction of sp³-hybridized carbons (Fsp3) is 0.350. The zero-order valence-electron chi connectivity index (χ0n) is 15.6. The zero-order chi connectivity index (χ0) is 19.6. The molecule has 0 aliphatic heterocycles. The molecule has 2 aromatic rings. The summed E-state index contributed by atoms with van der Waals surface area (Å²) in [6, 6.07) is 10.3. The first kappa shape index (κ1) is 20.6. The Morgan fingerprint density at radius 2 is 1.56 bits per heavy atom. The van der Waals surface area contributed by atoms with Gasteiger partial charge in [-0.05, 0) is 48.6 Å². The van der Waals surface area contributed by atoms with Gasteiger partial charge in [-0.2, -0.15) is 0 Å². The number of amides is 3. The highest BCUT2D eigenvalue weighted by Crippen LogP contribution is 2.14. The van der Waals surface area contributed by atoms with Crippen LogP contribution in [-0.4, -0.2) is 30.8 Å². The van der Waals surface area contributed by atoms with Crippen molar-refractivity contribution in [1.82, 2.24) is 10.6 Å². The summed E-state index contributed by atoms with van der Waals surface area (Å²) < 4.78 is 0. The summed E-state index contributed by atoms with van der Waals surface area (Å²) in [5.74, 6) is -0.369. The lowest BCUT2D eigenvalue weighted by atomic mass is 10.0. The molecule has 144 valence electrons. The van der Waals surface area contributed by atoms with Crippen LogP contribution < -0.4 is 16.0 Å². The molecular weight excluding hydrogens is 362 g/mol. The molecule has 0 aliphatic carbocycles. The van der Waals surface area contributed by atoms with Gasteiger partial charge in [-0.25, -0.2) is 0 Å². The Kier molecular flexibility index (Phi) is 8.00. The molecule has 6 nitrogen and oxygen atoms in total. The van der Waals surface area contributed by atoms with Crippen molar-refractivity contribution in [2.45, 2.75) is 26.7 Å². The van der Waals surface area contributed by atoms with E-state index in [0.717, 1.165) is 12.8 Å². The molecule has 2 rings (SSSR count). The number of nitrogens with one attached hydrogen (secondary N) is 3. The fourth-order valence-corrected chi connectivity index (χ4v) is 3.20. The predicted octanol–water partition coefficient (Wildman–Crippen LogP) is 3.28. The summed E-state index contributed by atoms with van der Waals surface area (Å²) in [6.45, 7) is 4.67. The second-order valence-electron chi connectivity index (χ2n) is 6.07. The minimum Gasteiger partial charge on any atom is -0.350 e. The summed E-state index contributed by atoms with van der Waals surface area (Å²) >= 11 is 1.37. The van der Waals surface area contributed by atoms with Gasteiger partial charge in [0, 0.05) is 30.3 Å². The van der Waals surface area contributed by atoms with Gasteiger partial charge in [-0.3, -0.25) is 14.4 Å². The third-order valence-electron chi connectivity index (χ3n) is 4.21. The van der Waals surface area contributed by atoms with Crippen LogP contribution in [0.1, 0.15) is 46.7 Å². The van der Waals surface area contributed by atoms with E-state index in [-0.39, 0.29) is 23.6 Å². The molecule has 1 aromatic carbocycles. The van der Waals surface area contributed by atoms with Gasteiger partial charge < -0.3 is 16.0 Å². The Morgan fingerprint density at radius 3 is 2.11 bits per heavy atom. The van der Waals surface area contributed by atoms with Crippen molar-refractivity contribution >= 4 is 34.7 Å². The Bertz CT molecular complexity index is 753. The molecule has 1 aromatic heterocycles. The van der Waals surface area contributed by atoms with Crippen molar-refractivity contribution in [2.24, 2.45) is 5.92 Å². The number of carbonyl (C=O) groups excluding carboxylic acids is 3. The number of benzene rings is 1. The maximum absolute atomic E-state index is 12.1. The van der Waals surface area contributed by atoms with E-state index >= 15 is 0 Å². The largest absolute Gasteiger partial charge is 0.350 e. The highest BCUT2D eigenvalue weighted by Gasteiger charge is 2.14. The average molecular weight is 388 g/mol. The van der Waals surface area contributed by atoms with E-state index in [1.807, 2.05) is 25.3 Å². The monoisotopic (exact) mass is 387 g/mol. The molecule has 3 N–H and O–H groups in total. The van der Waals surface area contributed by atoms with Crippen molar-refractivity contribution in [3.05, 3.63) is 52.2 Å². The maximum atomic E-state index is 12.1. The lowest BCUT2D eigenvalue weighted by Crippen LogP contribution is -2.34. The topological polar surface area (TPSA) is 87.3 Å². The molecule has 0 atom stereocenters. The normalized spacial score (nSPS) is 10.5. The van der Waals surface area contributed by atoms with Gasteiger partial charge >= 0.3 is 0 Å². The van der Waals surface area contributed by atoms with E-state index in [1.54, 1.807) is 30.3 Å². The van der Waals surface area contributed by atoms with E-state index < -0.39 is 0 Å². The number of rotatable bonds is 9. The Balaban J connectivity index is 1.76. The summed E-state index contributed by atoms with van der Waals surface area (Å²) in [5, 5.41) is 10.2. The quantitative estimate of drug-likeness (QED) is 0.577. The van der Waals surface area contributed by atoms with Crippen molar-refractivity contribution < 1.29 is 14.4 Å². The lowest BCUT2D eigenvalue weighted by Gasteiger charge is -2.13. The van der Waals surface area contributed by atoms with Crippen molar-refractivity contribution in [1.29, 1.82) is 0 Å².